The van der Waals surface area contributed by atoms with E-state index in [-0.39, 0.29) is 0 Å². The second-order valence-electron chi connectivity index (χ2n) is 3.14. The van der Waals surface area contributed by atoms with Gasteiger partial charge in [-0.1, -0.05) is 11.8 Å². The van der Waals surface area contributed by atoms with Gasteiger partial charge in [-0.05, 0) is 24.3 Å². The van der Waals surface area contributed by atoms with E-state index in [9.17, 15) is 0 Å². The van der Waals surface area contributed by atoms with Crippen LogP contribution in [0.15, 0.2) is 24.3 Å². The summed E-state index contributed by atoms with van der Waals surface area (Å²) in [6.07, 6.45) is 0.815. The lowest BCUT2D eigenvalue weighted by Gasteiger charge is -2.04. The van der Waals surface area contributed by atoms with Crippen molar-refractivity contribution in [3.05, 3.63) is 29.8 Å². The van der Waals surface area contributed by atoms with Crippen LogP contribution in [0.5, 0.6) is 5.75 Å². The molecule has 16 heavy (non-hydrogen) atoms. The van der Waals surface area contributed by atoms with Crippen molar-refractivity contribution >= 4 is 12.6 Å². The molecule has 0 bridgehead atoms. The standard InChI is InChI=1S/C13H16O2S/c1-14-9-10-15-13-7-5-12(6-8-13)4-2-3-11-16/h5-8,16H,3,9-11H2,1H3. The Kier molecular flexibility index (Phi) is 6.55. The first-order chi connectivity index (χ1) is 7.86. The molecular formula is C13H16O2S. The minimum Gasteiger partial charge on any atom is -0.491 e. The van der Waals surface area contributed by atoms with Gasteiger partial charge in [-0.2, -0.15) is 12.6 Å². The molecule has 0 fully saturated rings. The van der Waals surface area contributed by atoms with Gasteiger partial charge in [-0.3, -0.25) is 0 Å². The van der Waals surface area contributed by atoms with Crippen molar-refractivity contribution in [2.45, 2.75) is 6.42 Å². The van der Waals surface area contributed by atoms with Crippen molar-refractivity contribution in [2.75, 3.05) is 26.1 Å². The van der Waals surface area contributed by atoms with Gasteiger partial charge in [-0.25, -0.2) is 0 Å². The Morgan fingerprint density at radius 1 is 1.19 bits per heavy atom. The molecule has 0 saturated carbocycles. The molecule has 0 unspecified atom stereocenters. The summed E-state index contributed by atoms with van der Waals surface area (Å²) in [5.74, 6) is 7.74. The van der Waals surface area contributed by atoms with Gasteiger partial charge in [-0.15, -0.1) is 0 Å². The van der Waals surface area contributed by atoms with Crippen LogP contribution in [-0.2, 0) is 4.74 Å². The molecule has 0 heterocycles. The molecule has 2 nitrogen and oxygen atoms in total. The Morgan fingerprint density at radius 2 is 1.94 bits per heavy atom. The molecule has 0 amide bonds. The second-order valence-corrected chi connectivity index (χ2v) is 3.59. The summed E-state index contributed by atoms with van der Waals surface area (Å²) in [4.78, 5) is 0. The van der Waals surface area contributed by atoms with Gasteiger partial charge < -0.3 is 9.47 Å². The van der Waals surface area contributed by atoms with E-state index in [4.69, 9.17) is 9.47 Å². The van der Waals surface area contributed by atoms with Crippen LogP contribution in [0.4, 0.5) is 0 Å². The van der Waals surface area contributed by atoms with E-state index in [1.165, 1.54) is 0 Å². The van der Waals surface area contributed by atoms with Crippen molar-refractivity contribution in [3.63, 3.8) is 0 Å². The van der Waals surface area contributed by atoms with Crippen molar-refractivity contribution in [3.8, 4) is 17.6 Å². The van der Waals surface area contributed by atoms with E-state index in [0.717, 1.165) is 23.5 Å². The zero-order valence-electron chi connectivity index (χ0n) is 9.40. The normalized spacial score (nSPS) is 9.38. The summed E-state index contributed by atoms with van der Waals surface area (Å²) in [5, 5.41) is 0. The summed E-state index contributed by atoms with van der Waals surface area (Å²) < 4.78 is 10.3. The molecule has 0 aromatic heterocycles. The van der Waals surface area contributed by atoms with Gasteiger partial charge in [0.25, 0.3) is 0 Å². The van der Waals surface area contributed by atoms with Crippen molar-refractivity contribution < 1.29 is 9.47 Å². The van der Waals surface area contributed by atoms with Gasteiger partial charge >= 0.3 is 0 Å². The molecule has 0 N–H and O–H groups in total. The summed E-state index contributed by atoms with van der Waals surface area (Å²) in [7, 11) is 1.66. The second kappa shape index (κ2) is 8.09. The highest BCUT2D eigenvalue weighted by atomic mass is 32.1. The summed E-state index contributed by atoms with van der Waals surface area (Å²) >= 11 is 4.10. The minimum absolute atomic E-state index is 0.571. The molecule has 0 saturated heterocycles. The Labute approximate surface area is 102 Å². The van der Waals surface area contributed by atoms with Crippen molar-refractivity contribution in [2.24, 2.45) is 0 Å². The number of benzene rings is 1. The van der Waals surface area contributed by atoms with Crippen molar-refractivity contribution in [1.82, 2.24) is 0 Å². The maximum Gasteiger partial charge on any atom is 0.119 e. The topological polar surface area (TPSA) is 18.5 Å². The zero-order valence-corrected chi connectivity index (χ0v) is 10.3. The third kappa shape index (κ3) is 5.11. The summed E-state index contributed by atoms with van der Waals surface area (Å²) in [6, 6.07) is 7.74. The molecule has 0 aliphatic rings. The number of rotatable bonds is 5. The van der Waals surface area contributed by atoms with Crippen LogP contribution >= 0.6 is 12.6 Å². The lowest BCUT2D eigenvalue weighted by Crippen LogP contribution is -2.03. The maximum absolute atomic E-state index is 5.44. The van der Waals surface area contributed by atoms with E-state index >= 15 is 0 Å². The predicted octanol–water partition coefficient (Wildman–Crippen LogP) is 2.38. The van der Waals surface area contributed by atoms with Crippen LogP contribution in [0, 0.1) is 11.8 Å². The van der Waals surface area contributed by atoms with E-state index in [1.807, 2.05) is 24.3 Å². The maximum atomic E-state index is 5.44. The van der Waals surface area contributed by atoms with Crippen molar-refractivity contribution in [1.29, 1.82) is 0 Å². The molecule has 0 spiro atoms. The first-order valence-corrected chi connectivity index (χ1v) is 5.81. The summed E-state index contributed by atoms with van der Waals surface area (Å²) in [6.45, 7) is 1.17. The fourth-order valence-corrected chi connectivity index (χ4v) is 1.21. The monoisotopic (exact) mass is 236 g/mol. The van der Waals surface area contributed by atoms with E-state index in [2.05, 4.69) is 24.5 Å². The van der Waals surface area contributed by atoms with Gasteiger partial charge in [0, 0.05) is 24.8 Å². The number of thiol groups is 1. The summed E-state index contributed by atoms with van der Waals surface area (Å²) in [5.41, 5.74) is 1.00. The average Bonchev–Trinajstić information content (AvgIpc) is 2.32. The molecule has 0 atom stereocenters. The van der Waals surface area contributed by atoms with E-state index in [0.29, 0.717) is 13.2 Å². The number of methoxy groups -OCH3 is 1. The number of ether oxygens (including phenoxy) is 2. The first-order valence-electron chi connectivity index (χ1n) is 5.18. The molecule has 86 valence electrons. The van der Waals surface area contributed by atoms with Crippen LogP contribution in [0.1, 0.15) is 12.0 Å². The molecule has 0 aliphatic heterocycles. The fraction of sp³-hybridized carbons (Fsp3) is 0.385. The third-order valence-corrected chi connectivity index (χ3v) is 2.10. The number of hydrogen-bond acceptors (Lipinski definition) is 3. The third-order valence-electron chi connectivity index (χ3n) is 1.88. The molecule has 0 aliphatic carbocycles. The predicted molar refractivity (Wildman–Crippen MR) is 69.2 cm³/mol. The fourth-order valence-electron chi connectivity index (χ4n) is 1.10. The minimum atomic E-state index is 0.571. The first kappa shape index (κ1) is 13.0. The largest absolute Gasteiger partial charge is 0.491 e. The van der Waals surface area contributed by atoms with Gasteiger partial charge in [0.2, 0.25) is 0 Å². The van der Waals surface area contributed by atoms with E-state index in [1.54, 1.807) is 7.11 Å². The van der Waals surface area contributed by atoms with Gasteiger partial charge in [0.15, 0.2) is 0 Å². The smallest absolute Gasteiger partial charge is 0.119 e. The lowest BCUT2D eigenvalue weighted by molar-refractivity contribution is 0.146. The van der Waals surface area contributed by atoms with Crippen LogP contribution in [0.3, 0.4) is 0 Å². The molecule has 1 rings (SSSR count). The quantitative estimate of drug-likeness (QED) is 0.481. The van der Waals surface area contributed by atoms with Crippen LogP contribution in [-0.4, -0.2) is 26.1 Å². The molecule has 0 radical (unpaired) electrons. The Hall–Kier alpha value is -1.11. The molecule has 3 heteroatoms. The van der Waals surface area contributed by atoms with E-state index < -0.39 is 0 Å². The lowest BCUT2D eigenvalue weighted by atomic mass is 10.2. The number of hydrogen-bond donors (Lipinski definition) is 1. The van der Waals surface area contributed by atoms with Crippen LogP contribution in [0.2, 0.25) is 0 Å². The van der Waals surface area contributed by atoms with Gasteiger partial charge in [0.05, 0.1) is 6.61 Å². The zero-order chi connectivity index (χ0) is 11.6. The van der Waals surface area contributed by atoms with Gasteiger partial charge in [0.1, 0.15) is 12.4 Å². The highest BCUT2D eigenvalue weighted by Gasteiger charge is 1.92. The molecular weight excluding hydrogens is 220 g/mol. The average molecular weight is 236 g/mol. The Morgan fingerprint density at radius 3 is 2.56 bits per heavy atom. The highest BCUT2D eigenvalue weighted by Crippen LogP contribution is 2.11. The highest BCUT2D eigenvalue weighted by molar-refractivity contribution is 7.80. The van der Waals surface area contributed by atoms with Crippen LogP contribution in [0.25, 0.3) is 0 Å². The molecule has 1 aromatic carbocycles. The SMILES string of the molecule is COCCOc1ccc(C#CCCS)cc1. The Balaban J connectivity index is 2.45. The Bertz CT molecular complexity index is 348. The molecule has 1 aromatic rings. The van der Waals surface area contributed by atoms with Crippen LogP contribution < -0.4 is 4.74 Å².